The zero-order chi connectivity index (χ0) is 9.54. The smallest absolute Gasteiger partial charge is 0.205 e. The largest absolute Gasteiger partial charge is 0.342 e. The molecule has 1 aromatic heterocycles. The van der Waals surface area contributed by atoms with Crippen LogP contribution in [-0.2, 0) is 0 Å². The Labute approximate surface area is 87.5 Å². The average molecular weight is 210 g/mol. The standard InChI is InChI=1S/C9H14N4S/c1-6-11-9(14-12-6)13-3-2-7-4-10-5-8(7)13/h7-8,10H,2-5H2,1H3/t7-,8+/m1/s1. The van der Waals surface area contributed by atoms with Crippen molar-refractivity contribution in [1.82, 2.24) is 14.7 Å². The number of aryl methyl sites for hydroxylation is 1. The lowest BCUT2D eigenvalue weighted by Gasteiger charge is -2.21. The van der Waals surface area contributed by atoms with Gasteiger partial charge in [-0.15, -0.1) is 0 Å². The van der Waals surface area contributed by atoms with Gasteiger partial charge in [-0.1, -0.05) is 0 Å². The molecule has 14 heavy (non-hydrogen) atoms. The molecule has 1 N–H and O–H groups in total. The number of hydrogen-bond donors (Lipinski definition) is 1. The Morgan fingerprint density at radius 1 is 1.50 bits per heavy atom. The van der Waals surface area contributed by atoms with E-state index in [-0.39, 0.29) is 0 Å². The Balaban J connectivity index is 1.85. The van der Waals surface area contributed by atoms with Gasteiger partial charge in [0.05, 0.1) is 0 Å². The van der Waals surface area contributed by atoms with Crippen LogP contribution < -0.4 is 10.2 Å². The Kier molecular flexibility index (Phi) is 1.95. The van der Waals surface area contributed by atoms with E-state index in [1.165, 1.54) is 24.5 Å². The molecule has 0 bridgehead atoms. The molecule has 3 heterocycles. The lowest BCUT2D eigenvalue weighted by molar-refractivity contribution is 0.578. The third kappa shape index (κ3) is 1.23. The van der Waals surface area contributed by atoms with Crippen LogP contribution in [0.3, 0.4) is 0 Å². The number of fused-ring (bicyclic) bond motifs is 1. The molecule has 4 nitrogen and oxygen atoms in total. The minimum Gasteiger partial charge on any atom is -0.342 e. The summed E-state index contributed by atoms with van der Waals surface area (Å²) in [6.45, 7) is 5.41. The van der Waals surface area contributed by atoms with Gasteiger partial charge in [0.1, 0.15) is 5.82 Å². The highest BCUT2D eigenvalue weighted by Crippen LogP contribution is 2.32. The van der Waals surface area contributed by atoms with Crippen molar-refractivity contribution in [2.75, 3.05) is 24.5 Å². The molecule has 3 rings (SSSR count). The van der Waals surface area contributed by atoms with Crippen LogP contribution in [0.4, 0.5) is 5.13 Å². The van der Waals surface area contributed by atoms with E-state index >= 15 is 0 Å². The number of nitrogens with zero attached hydrogens (tertiary/aromatic N) is 3. The van der Waals surface area contributed by atoms with Crippen LogP contribution in [-0.4, -0.2) is 35.0 Å². The quantitative estimate of drug-likeness (QED) is 0.738. The fraction of sp³-hybridized carbons (Fsp3) is 0.778. The van der Waals surface area contributed by atoms with E-state index in [0.29, 0.717) is 6.04 Å². The summed E-state index contributed by atoms with van der Waals surface area (Å²) in [6, 6.07) is 0.669. The maximum Gasteiger partial charge on any atom is 0.205 e. The lowest BCUT2D eigenvalue weighted by Crippen LogP contribution is -2.33. The Hall–Kier alpha value is -0.680. The highest BCUT2D eigenvalue weighted by Gasteiger charge is 2.38. The summed E-state index contributed by atoms with van der Waals surface area (Å²) in [5.41, 5.74) is 0. The third-order valence-electron chi connectivity index (χ3n) is 3.21. The Morgan fingerprint density at radius 3 is 3.21 bits per heavy atom. The number of aromatic nitrogens is 2. The van der Waals surface area contributed by atoms with Crippen molar-refractivity contribution >= 4 is 16.7 Å². The molecule has 0 spiro atoms. The minimum absolute atomic E-state index is 0.669. The van der Waals surface area contributed by atoms with Crippen LogP contribution in [0.15, 0.2) is 0 Å². The van der Waals surface area contributed by atoms with Crippen LogP contribution >= 0.6 is 11.5 Å². The van der Waals surface area contributed by atoms with Gasteiger partial charge in [-0.3, -0.25) is 0 Å². The molecule has 0 aliphatic carbocycles. The molecular weight excluding hydrogens is 196 g/mol. The first-order valence-corrected chi connectivity index (χ1v) is 5.89. The molecule has 0 aromatic carbocycles. The number of nitrogens with one attached hydrogen (secondary N) is 1. The van der Waals surface area contributed by atoms with Gasteiger partial charge < -0.3 is 10.2 Å². The predicted octanol–water partition coefficient (Wildman–Crippen LogP) is 0.645. The maximum absolute atomic E-state index is 4.46. The maximum atomic E-state index is 4.46. The molecule has 2 fully saturated rings. The van der Waals surface area contributed by atoms with Crippen molar-refractivity contribution in [1.29, 1.82) is 0 Å². The molecule has 0 amide bonds. The van der Waals surface area contributed by atoms with E-state index < -0.39 is 0 Å². The summed E-state index contributed by atoms with van der Waals surface area (Å²) < 4.78 is 4.24. The van der Waals surface area contributed by atoms with E-state index in [1.807, 2.05) is 6.92 Å². The minimum atomic E-state index is 0.669. The third-order valence-corrected chi connectivity index (χ3v) is 4.05. The number of rotatable bonds is 1. The molecule has 76 valence electrons. The zero-order valence-electron chi connectivity index (χ0n) is 8.23. The Bertz CT molecular complexity index is 337. The van der Waals surface area contributed by atoms with Crippen LogP contribution in [0.25, 0.3) is 0 Å². The second-order valence-corrected chi connectivity index (χ2v) is 4.82. The summed E-state index contributed by atoms with van der Waals surface area (Å²) in [5, 5.41) is 4.56. The molecule has 2 atom stereocenters. The van der Waals surface area contributed by atoms with Gasteiger partial charge in [0.15, 0.2) is 0 Å². The molecule has 2 aliphatic rings. The first-order valence-electron chi connectivity index (χ1n) is 5.12. The first kappa shape index (κ1) is 8.61. The van der Waals surface area contributed by atoms with Crippen molar-refractivity contribution in [3.8, 4) is 0 Å². The monoisotopic (exact) mass is 210 g/mol. The molecule has 1 aromatic rings. The van der Waals surface area contributed by atoms with E-state index in [4.69, 9.17) is 0 Å². The highest BCUT2D eigenvalue weighted by molar-refractivity contribution is 7.09. The van der Waals surface area contributed by atoms with Gasteiger partial charge in [0, 0.05) is 37.2 Å². The molecule has 5 heteroatoms. The summed E-state index contributed by atoms with van der Waals surface area (Å²) in [5.74, 6) is 1.73. The topological polar surface area (TPSA) is 41.1 Å². The SMILES string of the molecule is Cc1nsc(N2CC[C@@H]3CNC[C@@H]32)n1. The molecular formula is C9H14N4S. The Morgan fingerprint density at radius 2 is 2.43 bits per heavy atom. The van der Waals surface area contributed by atoms with Crippen molar-refractivity contribution in [2.24, 2.45) is 5.92 Å². The fourth-order valence-corrected chi connectivity index (χ4v) is 3.25. The molecule has 0 saturated carbocycles. The zero-order valence-corrected chi connectivity index (χ0v) is 9.05. The van der Waals surface area contributed by atoms with Gasteiger partial charge >= 0.3 is 0 Å². The second kappa shape index (κ2) is 3.17. The van der Waals surface area contributed by atoms with Gasteiger partial charge in [0.25, 0.3) is 0 Å². The summed E-state index contributed by atoms with van der Waals surface area (Å²) >= 11 is 1.53. The summed E-state index contributed by atoms with van der Waals surface area (Å²) in [6.07, 6.45) is 1.30. The first-order chi connectivity index (χ1) is 6.84. The van der Waals surface area contributed by atoms with Crippen molar-refractivity contribution in [2.45, 2.75) is 19.4 Å². The second-order valence-electron chi connectivity index (χ2n) is 4.09. The average Bonchev–Trinajstić information content (AvgIpc) is 2.77. The number of hydrogen-bond acceptors (Lipinski definition) is 5. The van der Waals surface area contributed by atoms with Gasteiger partial charge in [0.2, 0.25) is 5.13 Å². The van der Waals surface area contributed by atoms with Gasteiger partial charge in [-0.25, -0.2) is 4.98 Å². The number of anilines is 1. The van der Waals surface area contributed by atoms with Crippen molar-refractivity contribution in [3.63, 3.8) is 0 Å². The molecule has 0 radical (unpaired) electrons. The van der Waals surface area contributed by atoms with E-state index in [2.05, 4.69) is 19.6 Å². The summed E-state index contributed by atoms with van der Waals surface area (Å²) in [4.78, 5) is 6.88. The van der Waals surface area contributed by atoms with Gasteiger partial charge in [-0.05, 0) is 19.3 Å². The predicted molar refractivity (Wildman–Crippen MR) is 56.8 cm³/mol. The van der Waals surface area contributed by atoms with E-state index in [1.54, 1.807) is 0 Å². The molecule has 2 saturated heterocycles. The van der Waals surface area contributed by atoms with Crippen molar-refractivity contribution < 1.29 is 0 Å². The summed E-state index contributed by atoms with van der Waals surface area (Å²) in [7, 11) is 0. The van der Waals surface area contributed by atoms with Crippen LogP contribution in [0.1, 0.15) is 12.2 Å². The van der Waals surface area contributed by atoms with Crippen LogP contribution in [0, 0.1) is 12.8 Å². The molecule has 2 aliphatic heterocycles. The normalized spacial score (nSPS) is 31.1. The van der Waals surface area contributed by atoms with Crippen LogP contribution in [0.2, 0.25) is 0 Å². The van der Waals surface area contributed by atoms with E-state index in [9.17, 15) is 0 Å². The fourth-order valence-electron chi connectivity index (χ4n) is 2.49. The lowest BCUT2D eigenvalue weighted by atomic mass is 10.1. The van der Waals surface area contributed by atoms with Crippen molar-refractivity contribution in [3.05, 3.63) is 5.82 Å². The van der Waals surface area contributed by atoms with Crippen LogP contribution in [0.5, 0.6) is 0 Å². The molecule has 0 unspecified atom stereocenters. The highest BCUT2D eigenvalue weighted by atomic mass is 32.1. The van der Waals surface area contributed by atoms with E-state index in [0.717, 1.165) is 30.0 Å². The van der Waals surface area contributed by atoms with Gasteiger partial charge in [-0.2, -0.15) is 4.37 Å².